The Hall–Kier alpha value is -0.620. The molecule has 0 aliphatic carbocycles. The van der Waals surface area contributed by atoms with Crippen LogP contribution < -0.4 is 10.6 Å². The Morgan fingerprint density at radius 1 is 1.55 bits per heavy atom. The fraction of sp³-hybridized carbons (Fsp3) is 0.500. The Morgan fingerprint density at radius 3 is 2.95 bits per heavy atom. The third kappa shape index (κ3) is 5.05. The number of hydrogen-bond acceptors (Lipinski definition) is 3. The van der Waals surface area contributed by atoms with E-state index in [1.165, 1.54) is 5.56 Å². The summed E-state index contributed by atoms with van der Waals surface area (Å²) < 4.78 is 0.925. The lowest BCUT2D eigenvalue weighted by Gasteiger charge is -2.31. The number of carbonyl (C=O) groups excluding carboxylic acids is 1. The van der Waals surface area contributed by atoms with E-state index in [-0.39, 0.29) is 18.3 Å². The number of nitrogens with zero attached hydrogens (tertiary/aromatic N) is 1. The van der Waals surface area contributed by atoms with Gasteiger partial charge in [-0.25, -0.2) is 0 Å². The minimum absolute atomic E-state index is 0. The largest absolute Gasteiger partial charge is 0.324 e. The molecule has 0 aromatic heterocycles. The van der Waals surface area contributed by atoms with E-state index in [0.29, 0.717) is 12.6 Å². The van der Waals surface area contributed by atoms with Gasteiger partial charge in [0.2, 0.25) is 5.91 Å². The first-order valence-electron chi connectivity index (χ1n) is 6.56. The van der Waals surface area contributed by atoms with E-state index < -0.39 is 0 Å². The highest BCUT2D eigenvalue weighted by atomic mass is 79.9. The van der Waals surface area contributed by atoms with Crippen LogP contribution >= 0.6 is 28.3 Å². The zero-order valence-electron chi connectivity index (χ0n) is 11.8. The average Bonchev–Trinajstić information content (AvgIpc) is 2.33. The standard InChI is InChI=1S/C14H20BrN3O.ClH/c1-10-3-4-13(12(15)7-10)17-14(19)9-18-6-5-16-11(2)8-18;/h3-4,7,11,16H,5-6,8-9H2,1-2H3,(H,17,19);1H. The number of halogens is 2. The summed E-state index contributed by atoms with van der Waals surface area (Å²) in [5.41, 5.74) is 2.00. The van der Waals surface area contributed by atoms with Crippen LogP contribution in [0.5, 0.6) is 0 Å². The lowest BCUT2D eigenvalue weighted by atomic mass is 10.2. The minimum Gasteiger partial charge on any atom is -0.324 e. The van der Waals surface area contributed by atoms with Crippen molar-refractivity contribution in [1.29, 1.82) is 0 Å². The molecule has 112 valence electrons. The molecule has 1 aromatic carbocycles. The summed E-state index contributed by atoms with van der Waals surface area (Å²) in [6.45, 7) is 7.41. The highest BCUT2D eigenvalue weighted by molar-refractivity contribution is 9.10. The van der Waals surface area contributed by atoms with Crippen LogP contribution in [0.3, 0.4) is 0 Å². The molecule has 1 aliphatic rings. The van der Waals surface area contributed by atoms with Gasteiger partial charge in [-0.1, -0.05) is 6.07 Å². The van der Waals surface area contributed by atoms with Gasteiger partial charge in [-0.3, -0.25) is 9.69 Å². The van der Waals surface area contributed by atoms with E-state index in [9.17, 15) is 4.79 Å². The molecule has 1 heterocycles. The van der Waals surface area contributed by atoms with Gasteiger partial charge in [-0.2, -0.15) is 0 Å². The van der Waals surface area contributed by atoms with Gasteiger partial charge < -0.3 is 10.6 Å². The maximum atomic E-state index is 12.0. The number of rotatable bonds is 3. The summed E-state index contributed by atoms with van der Waals surface area (Å²) >= 11 is 3.47. The van der Waals surface area contributed by atoms with Gasteiger partial charge in [0.05, 0.1) is 12.2 Å². The van der Waals surface area contributed by atoms with E-state index in [1.807, 2.05) is 25.1 Å². The fourth-order valence-corrected chi connectivity index (χ4v) is 2.86. The second-order valence-electron chi connectivity index (χ2n) is 5.12. The smallest absolute Gasteiger partial charge is 0.238 e. The number of carbonyl (C=O) groups is 1. The van der Waals surface area contributed by atoms with Gasteiger partial charge >= 0.3 is 0 Å². The number of piperazine rings is 1. The molecule has 1 amide bonds. The quantitative estimate of drug-likeness (QED) is 0.868. The van der Waals surface area contributed by atoms with Gasteiger partial charge in [0.15, 0.2) is 0 Å². The molecule has 1 aliphatic heterocycles. The van der Waals surface area contributed by atoms with Crippen LogP contribution in [-0.2, 0) is 4.79 Å². The lowest BCUT2D eigenvalue weighted by Crippen LogP contribution is -2.51. The topological polar surface area (TPSA) is 44.4 Å². The van der Waals surface area contributed by atoms with Crippen LogP contribution in [0.4, 0.5) is 5.69 Å². The highest BCUT2D eigenvalue weighted by Crippen LogP contribution is 2.23. The molecule has 0 bridgehead atoms. The first-order valence-corrected chi connectivity index (χ1v) is 7.35. The molecule has 0 spiro atoms. The highest BCUT2D eigenvalue weighted by Gasteiger charge is 2.18. The van der Waals surface area contributed by atoms with E-state index in [2.05, 4.69) is 38.4 Å². The molecule has 1 saturated heterocycles. The molecule has 6 heteroatoms. The summed E-state index contributed by atoms with van der Waals surface area (Å²) in [6.07, 6.45) is 0. The van der Waals surface area contributed by atoms with Crippen LogP contribution in [0.2, 0.25) is 0 Å². The van der Waals surface area contributed by atoms with Crippen molar-refractivity contribution in [3.05, 3.63) is 28.2 Å². The van der Waals surface area contributed by atoms with Gasteiger partial charge in [0.25, 0.3) is 0 Å². The van der Waals surface area contributed by atoms with Gasteiger partial charge in [0.1, 0.15) is 0 Å². The molecule has 1 aromatic rings. The molecule has 1 fully saturated rings. The minimum atomic E-state index is 0. The Balaban J connectivity index is 0.00000200. The van der Waals surface area contributed by atoms with Crippen molar-refractivity contribution < 1.29 is 4.79 Å². The summed E-state index contributed by atoms with van der Waals surface area (Å²) in [5.74, 6) is 0.0404. The van der Waals surface area contributed by atoms with Gasteiger partial charge in [0, 0.05) is 30.1 Å². The second kappa shape index (κ2) is 7.98. The first-order chi connectivity index (χ1) is 9.04. The zero-order chi connectivity index (χ0) is 13.8. The van der Waals surface area contributed by atoms with E-state index in [0.717, 1.165) is 29.8 Å². The molecule has 4 nitrogen and oxygen atoms in total. The van der Waals surface area contributed by atoms with Crippen molar-refractivity contribution in [3.63, 3.8) is 0 Å². The molecule has 1 atom stereocenters. The zero-order valence-corrected chi connectivity index (χ0v) is 14.2. The molecule has 0 saturated carbocycles. The molecular formula is C14H21BrClN3O. The van der Waals surface area contributed by atoms with Crippen LogP contribution in [0, 0.1) is 6.92 Å². The Morgan fingerprint density at radius 2 is 2.30 bits per heavy atom. The molecule has 2 rings (SSSR count). The van der Waals surface area contributed by atoms with Crippen molar-refractivity contribution in [2.75, 3.05) is 31.5 Å². The Labute approximate surface area is 134 Å². The van der Waals surface area contributed by atoms with Crippen molar-refractivity contribution >= 4 is 39.9 Å². The molecule has 20 heavy (non-hydrogen) atoms. The Bertz CT molecular complexity index is 470. The summed E-state index contributed by atoms with van der Waals surface area (Å²) in [6, 6.07) is 6.38. The second-order valence-corrected chi connectivity index (χ2v) is 5.98. The number of benzene rings is 1. The van der Waals surface area contributed by atoms with E-state index >= 15 is 0 Å². The van der Waals surface area contributed by atoms with Crippen molar-refractivity contribution in [1.82, 2.24) is 10.2 Å². The van der Waals surface area contributed by atoms with Crippen molar-refractivity contribution in [2.24, 2.45) is 0 Å². The fourth-order valence-electron chi connectivity index (χ4n) is 2.27. The summed E-state index contributed by atoms with van der Waals surface area (Å²) in [5, 5.41) is 6.32. The third-order valence-corrected chi connectivity index (χ3v) is 3.87. The van der Waals surface area contributed by atoms with Crippen molar-refractivity contribution in [3.8, 4) is 0 Å². The predicted octanol–water partition coefficient (Wildman–Crippen LogP) is 2.41. The normalized spacial score (nSPS) is 19.2. The molecule has 1 unspecified atom stereocenters. The lowest BCUT2D eigenvalue weighted by molar-refractivity contribution is -0.117. The summed E-state index contributed by atoms with van der Waals surface area (Å²) in [4.78, 5) is 14.2. The number of aryl methyl sites for hydroxylation is 1. The Kier molecular flexibility index (Phi) is 6.95. The van der Waals surface area contributed by atoms with Crippen molar-refractivity contribution in [2.45, 2.75) is 19.9 Å². The van der Waals surface area contributed by atoms with Gasteiger partial charge in [-0.15, -0.1) is 12.4 Å². The van der Waals surface area contributed by atoms with Crippen LogP contribution in [0.25, 0.3) is 0 Å². The van der Waals surface area contributed by atoms with E-state index in [1.54, 1.807) is 0 Å². The number of amides is 1. The summed E-state index contributed by atoms with van der Waals surface area (Å²) in [7, 11) is 0. The molecular weight excluding hydrogens is 342 g/mol. The first kappa shape index (κ1) is 17.4. The van der Waals surface area contributed by atoms with Crippen LogP contribution in [0.15, 0.2) is 22.7 Å². The maximum Gasteiger partial charge on any atom is 0.238 e. The third-order valence-electron chi connectivity index (χ3n) is 3.22. The molecule has 2 N–H and O–H groups in total. The SMILES string of the molecule is Cc1ccc(NC(=O)CN2CCNC(C)C2)c(Br)c1.Cl. The number of nitrogens with one attached hydrogen (secondary N) is 2. The van der Waals surface area contributed by atoms with Gasteiger partial charge in [-0.05, 0) is 47.5 Å². The van der Waals surface area contributed by atoms with Crippen LogP contribution in [0.1, 0.15) is 12.5 Å². The molecule has 0 radical (unpaired) electrons. The monoisotopic (exact) mass is 361 g/mol. The van der Waals surface area contributed by atoms with Crippen LogP contribution in [-0.4, -0.2) is 43.0 Å². The average molecular weight is 363 g/mol. The number of hydrogen-bond donors (Lipinski definition) is 2. The maximum absolute atomic E-state index is 12.0. The number of anilines is 1. The van der Waals surface area contributed by atoms with E-state index in [4.69, 9.17) is 0 Å². The predicted molar refractivity (Wildman–Crippen MR) is 88.7 cm³/mol.